The van der Waals surface area contributed by atoms with Crippen LogP contribution in [0.1, 0.15) is 51.9 Å². The van der Waals surface area contributed by atoms with E-state index in [9.17, 15) is 5.11 Å². The van der Waals surface area contributed by atoms with Crippen LogP contribution in [0.25, 0.3) is 0 Å². The number of aliphatic hydroxyl groups is 1. The fraction of sp³-hybridized carbons (Fsp3) is 1.00. The maximum Gasteiger partial charge on any atom is 0.102 e. The minimum Gasteiger partial charge on any atom is -0.388 e. The van der Waals surface area contributed by atoms with Crippen molar-refractivity contribution in [3.8, 4) is 0 Å². The van der Waals surface area contributed by atoms with Gasteiger partial charge in [0.2, 0.25) is 0 Å². The molecule has 0 aromatic rings. The molecule has 15 heavy (non-hydrogen) atoms. The first-order valence-electron chi connectivity index (χ1n) is 6.77. The molecular formula is C13H26NO+. The minimum atomic E-state index is -0.144. The van der Waals surface area contributed by atoms with E-state index in [0.29, 0.717) is 0 Å². The van der Waals surface area contributed by atoms with E-state index in [1.807, 2.05) is 6.92 Å². The van der Waals surface area contributed by atoms with E-state index in [4.69, 9.17) is 0 Å². The number of quaternary nitrogens is 1. The molecule has 0 saturated heterocycles. The second kappa shape index (κ2) is 5.31. The van der Waals surface area contributed by atoms with Crippen LogP contribution < -0.4 is 5.32 Å². The SMILES string of the molecule is C[C@H](O)C[NH2+][C@@H]1CC[C@@H]2CCCC[C@@H]2C1. The number of fused-ring (bicyclic) bond motifs is 1. The lowest BCUT2D eigenvalue weighted by Crippen LogP contribution is -2.92. The summed E-state index contributed by atoms with van der Waals surface area (Å²) in [6.45, 7) is 2.78. The lowest BCUT2D eigenvalue weighted by atomic mass is 9.69. The monoisotopic (exact) mass is 212 g/mol. The van der Waals surface area contributed by atoms with Gasteiger partial charge in [0.15, 0.2) is 0 Å². The van der Waals surface area contributed by atoms with Gasteiger partial charge >= 0.3 is 0 Å². The zero-order valence-corrected chi connectivity index (χ0v) is 9.99. The van der Waals surface area contributed by atoms with Crippen molar-refractivity contribution >= 4 is 0 Å². The van der Waals surface area contributed by atoms with Crippen molar-refractivity contribution in [2.75, 3.05) is 6.54 Å². The van der Waals surface area contributed by atoms with Gasteiger partial charge in [-0.25, -0.2) is 0 Å². The summed E-state index contributed by atoms with van der Waals surface area (Å²) in [4.78, 5) is 0. The van der Waals surface area contributed by atoms with E-state index in [1.54, 1.807) is 0 Å². The van der Waals surface area contributed by atoms with Crippen molar-refractivity contribution in [3.63, 3.8) is 0 Å². The molecule has 2 heteroatoms. The molecule has 0 radical (unpaired) electrons. The Labute approximate surface area is 93.5 Å². The summed E-state index contributed by atoms with van der Waals surface area (Å²) >= 11 is 0. The Morgan fingerprint density at radius 3 is 2.60 bits per heavy atom. The van der Waals surface area contributed by atoms with Crippen LogP contribution in [-0.2, 0) is 0 Å². The maximum atomic E-state index is 9.28. The first-order valence-corrected chi connectivity index (χ1v) is 6.77. The zero-order chi connectivity index (χ0) is 10.7. The van der Waals surface area contributed by atoms with E-state index in [-0.39, 0.29) is 6.10 Å². The summed E-state index contributed by atoms with van der Waals surface area (Å²) in [6, 6.07) is 0.805. The fourth-order valence-corrected chi connectivity index (χ4v) is 3.51. The van der Waals surface area contributed by atoms with Gasteiger partial charge in [0, 0.05) is 6.42 Å². The Balaban J connectivity index is 1.75. The Hall–Kier alpha value is -0.0800. The van der Waals surface area contributed by atoms with Gasteiger partial charge in [-0.1, -0.05) is 19.3 Å². The molecule has 0 unspecified atom stereocenters. The maximum absolute atomic E-state index is 9.28. The van der Waals surface area contributed by atoms with Gasteiger partial charge in [-0.05, 0) is 38.0 Å². The second-order valence-electron chi connectivity index (χ2n) is 5.70. The molecule has 4 atom stereocenters. The number of hydrogen-bond acceptors (Lipinski definition) is 1. The molecular weight excluding hydrogens is 186 g/mol. The van der Waals surface area contributed by atoms with Crippen LogP contribution >= 0.6 is 0 Å². The predicted octanol–water partition coefficient (Wildman–Crippen LogP) is 1.29. The number of aliphatic hydroxyl groups excluding tert-OH is 1. The van der Waals surface area contributed by atoms with Gasteiger partial charge in [0.25, 0.3) is 0 Å². The highest BCUT2D eigenvalue weighted by Gasteiger charge is 2.33. The molecule has 0 bridgehead atoms. The van der Waals surface area contributed by atoms with Crippen molar-refractivity contribution < 1.29 is 10.4 Å². The molecule has 0 amide bonds. The Morgan fingerprint density at radius 1 is 1.13 bits per heavy atom. The summed E-state index contributed by atoms with van der Waals surface area (Å²) in [5.74, 6) is 2.07. The third kappa shape index (κ3) is 3.18. The lowest BCUT2D eigenvalue weighted by molar-refractivity contribution is -0.698. The lowest BCUT2D eigenvalue weighted by Gasteiger charge is -2.38. The number of rotatable bonds is 3. The van der Waals surface area contributed by atoms with Crippen LogP contribution in [0.3, 0.4) is 0 Å². The van der Waals surface area contributed by atoms with Gasteiger partial charge in [0.1, 0.15) is 6.54 Å². The molecule has 0 aliphatic heterocycles. The first-order chi connectivity index (χ1) is 7.25. The summed E-state index contributed by atoms with van der Waals surface area (Å²) in [5.41, 5.74) is 0. The molecule has 0 aromatic heterocycles. The number of hydrogen-bond donors (Lipinski definition) is 2. The van der Waals surface area contributed by atoms with Gasteiger partial charge in [-0.15, -0.1) is 0 Å². The molecule has 2 fully saturated rings. The van der Waals surface area contributed by atoms with Crippen molar-refractivity contribution in [3.05, 3.63) is 0 Å². The average Bonchev–Trinajstić information content (AvgIpc) is 2.26. The van der Waals surface area contributed by atoms with Gasteiger partial charge in [-0.3, -0.25) is 0 Å². The van der Waals surface area contributed by atoms with Crippen LogP contribution in [0.15, 0.2) is 0 Å². The molecule has 2 saturated carbocycles. The Kier molecular flexibility index (Phi) is 4.04. The van der Waals surface area contributed by atoms with E-state index in [0.717, 1.165) is 24.4 Å². The molecule has 2 nitrogen and oxygen atoms in total. The molecule has 0 spiro atoms. The van der Waals surface area contributed by atoms with Crippen molar-refractivity contribution in [1.82, 2.24) is 0 Å². The van der Waals surface area contributed by atoms with Crippen LogP contribution in [0, 0.1) is 11.8 Å². The van der Waals surface area contributed by atoms with Crippen LogP contribution in [-0.4, -0.2) is 23.8 Å². The molecule has 2 aliphatic carbocycles. The number of nitrogens with two attached hydrogens (primary N) is 1. The average molecular weight is 212 g/mol. The molecule has 88 valence electrons. The highest BCUT2D eigenvalue weighted by molar-refractivity contribution is 4.82. The normalized spacial score (nSPS) is 38.4. The van der Waals surface area contributed by atoms with E-state index < -0.39 is 0 Å². The third-order valence-electron chi connectivity index (χ3n) is 4.39. The topological polar surface area (TPSA) is 36.8 Å². The Morgan fingerprint density at radius 2 is 1.87 bits per heavy atom. The second-order valence-corrected chi connectivity index (χ2v) is 5.70. The summed E-state index contributed by atoms with van der Waals surface area (Å²) in [5, 5.41) is 11.7. The van der Waals surface area contributed by atoms with E-state index >= 15 is 0 Å². The van der Waals surface area contributed by atoms with Gasteiger partial charge in [-0.2, -0.15) is 0 Å². The third-order valence-corrected chi connectivity index (χ3v) is 4.39. The smallest absolute Gasteiger partial charge is 0.102 e. The first kappa shape index (κ1) is 11.4. The predicted molar refractivity (Wildman–Crippen MR) is 61.6 cm³/mol. The molecule has 0 heterocycles. The highest BCUT2D eigenvalue weighted by atomic mass is 16.3. The van der Waals surface area contributed by atoms with Crippen LogP contribution in [0.4, 0.5) is 0 Å². The summed E-state index contributed by atoms with van der Waals surface area (Å²) in [6.07, 6.45) is 10.0. The molecule has 2 rings (SSSR count). The largest absolute Gasteiger partial charge is 0.388 e. The van der Waals surface area contributed by atoms with Crippen molar-refractivity contribution in [1.29, 1.82) is 0 Å². The quantitative estimate of drug-likeness (QED) is 0.727. The molecule has 2 aliphatic rings. The minimum absolute atomic E-state index is 0.144. The van der Waals surface area contributed by atoms with E-state index in [1.165, 1.54) is 44.9 Å². The summed E-state index contributed by atoms with van der Waals surface area (Å²) in [7, 11) is 0. The summed E-state index contributed by atoms with van der Waals surface area (Å²) < 4.78 is 0. The van der Waals surface area contributed by atoms with Crippen LogP contribution in [0.5, 0.6) is 0 Å². The fourth-order valence-electron chi connectivity index (χ4n) is 3.51. The van der Waals surface area contributed by atoms with Crippen molar-refractivity contribution in [2.24, 2.45) is 11.8 Å². The van der Waals surface area contributed by atoms with Gasteiger partial charge < -0.3 is 10.4 Å². The van der Waals surface area contributed by atoms with Crippen molar-refractivity contribution in [2.45, 2.75) is 64.0 Å². The Bertz CT molecular complexity index is 193. The highest BCUT2D eigenvalue weighted by Crippen LogP contribution is 2.39. The van der Waals surface area contributed by atoms with Crippen LogP contribution in [0.2, 0.25) is 0 Å². The molecule has 0 aromatic carbocycles. The zero-order valence-electron chi connectivity index (χ0n) is 9.99. The van der Waals surface area contributed by atoms with Gasteiger partial charge in [0.05, 0.1) is 12.1 Å². The van der Waals surface area contributed by atoms with E-state index in [2.05, 4.69) is 5.32 Å². The standard InChI is InChI=1S/C13H25NO/c1-10(15)9-14-13-7-6-11-4-2-3-5-12(11)8-13/h10-15H,2-9H2,1H3/p+1/t10-,11-,12+,13+/m0/s1. The molecule has 3 N–H and O–H groups in total.